The average molecular weight is 298 g/mol. The Kier molecular flexibility index (Phi) is 6.22. The first-order valence-corrected chi connectivity index (χ1v) is 6.05. The molecule has 0 aliphatic carbocycles. The fourth-order valence-corrected chi connectivity index (χ4v) is 2.19. The van der Waals surface area contributed by atoms with E-state index in [9.17, 15) is 0 Å². The van der Waals surface area contributed by atoms with Crippen molar-refractivity contribution in [1.82, 2.24) is 15.5 Å². The van der Waals surface area contributed by atoms with Gasteiger partial charge in [0.15, 0.2) is 0 Å². The highest BCUT2D eigenvalue weighted by molar-refractivity contribution is 5.85. The quantitative estimate of drug-likeness (QED) is 0.879. The van der Waals surface area contributed by atoms with Gasteiger partial charge >= 0.3 is 0 Å². The lowest BCUT2D eigenvalue weighted by Crippen LogP contribution is -2.16. The molecule has 0 unspecified atom stereocenters. The Morgan fingerprint density at radius 2 is 1.63 bits per heavy atom. The molecule has 102 valence electrons. The maximum Gasteiger partial charge on any atom is 0.0932 e. The zero-order valence-corrected chi connectivity index (χ0v) is 12.1. The molecule has 0 saturated heterocycles. The van der Waals surface area contributed by atoms with Gasteiger partial charge in [-0.2, -0.15) is 10.2 Å². The number of aromatic nitrogens is 2. The van der Waals surface area contributed by atoms with E-state index in [1.807, 2.05) is 18.2 Å². The molecule has 2 heterocycles. The zero-order chi connectivity index (χ0) is 11.5. The van der Waals surface area contributed by atoms with E-state index in [0.717, 1.165) is 42.9 Å². The largest absolute Gasteiger partial charge is 0.316 e. The molecular weight excluding hydrogens is 281 g/mol. The van der Waals surface area contributed by atoms with E-state index in [4.69, 9.17) is 0 Å². The molecule has 19 heavy (non-hydrogen) atoms. The molecule has 3 rings (SSSR count). The molecule has 0 amide bonds. The third kappa shape index (κ3) is 3.66. The van der Waals surface area contributed by atoms with Crippen molar-refractivity contribution in [2.45, 2.75) is 12.8 Å². The predicted octanol–water partition coefficient (Wildman–Crippen LogP) is 2.68. The summed E-state index contributed by atoms with van der Waals surface area (Å²) in [5.41, 5.74) is 4.60. The summed E-state index contributed by atoms with van der Waals surface area (Å²) >= 11 is 0. The molecule has 0 fully saturated rings. The maximum absolute atomic E-state index is 4.37. The summed E-state index contributed by atoms with van der Waals surface area (Å²) in [7, 11) is 0. The summed E-state index contributed by atoms with van der Waals surface area (Å²) in [6.45, 7) is 2.04. The Hall–Kier alpha value is -1.16. The van der Waals surface area contributed by atoms with Crippen molar-refractivity contribution in [2.24, 2.45) is 0 Å². The Labute approximate surface area is 125 Å². The standard InChI is InChI=1S/C14H15N3.2ClH/c1-2-4-11(5-3-1)14-10-12-6-8-15-9-7-13(12)16-17-14;;/h1-5,10,15H,6-9H2;2*1H. The lowest BCUT2D eigenvalue weighted by molar-refractivity contribution is 0.706. The van der Waals surface area contributed by atoms with E-state index in [-0.39, 0.29) is 24.8 Å². The summed E-state index contributed by atoms with van der Waals surface area (Å²) in [5.74, 6) is 0. The topological polar surface area (TPSA) is 37.8 Å². The normalized spacial score (nSPS) is 13.5. The highest BCUT2D eigenvalue weighted by Gasteiger charge is 2.11. The third-order valence-corrected chi connectivity index (χ3v) is 3.14. The zero-order valence-electron chi connectivity index (χ0n) is 10.5. The van der Waals surface area contributed by atoms with Crippen LogP contribution in [-0.2, 0) is 12.8 Å². The molecule has 1 N–H and O–H groups in total. The number of fused-ring (bicyclic) bond motifs is 1. The molecule has 1 aromatic heterocycles. The number of hydrogen-bond donors (Lipinski definition) is 1. The van der Waals surface area contributed by atoms with Crippen molar-refractivity contribution < 1.29 is 0 Å². The molecule has 0 radical (unpaired) electrons. The lowest BCUT2D eigenvalue weighted by atomic mass is 10.1. The molecule has 2 aromatic rings. The van der Waals surface area contributed by atoms with Crippen LogP contribution in [0.1, 0.15) is 11.3 Å². The van der Waals surface area contributed by atoms with Crippen LogP contribution in [0.25, 0.3) is 11.3 Å². The van der Waals surface area contributed by atoms with Crippen molar-refractivity contribution in [3.8, 4) is 11.3 Å². The van der Waals surface area contributed by atoms with Gasteiger partial charge in [-0.15, -0.1) is 24.8 Å². The second-order valence-electron chi connectivity index (χ2n) is 4.32. The monoisotopic (exact) mass is 297 g/mol. The van der Waals surface area contributed by atoms with Gasteiger partial charge in [-0.1, -0.05) is 30.3 Å². The molecule has 1 aliphatic heterocycles. The Bertz CT molecular complexity index is 517. The minimum Gasteiger partial charge on any atom is -0.316 e. The summed E-state index contributed by atoms with van der Waals surface area (Å²) in [4.78, 5) is 0. The first-order valence-electron chi connectivity index (χ1n) is 6.05. The minimum absolute atomic E-state index is 0. The van der Waals surface area contributed by atoms with Gasteiger partial charge in [-0.05, 0) is 24.6 Å². The summed E-state index contributed by atoms with van der Waals surface area (Å²) in [5, 5.41) is 12.1. The molecule has 1 aliphatic rings. The van der Waals surface area contributed by atoms with E-state index in [1.165, 1.54) is 5.56 Å². The number of rotatable bonds is 1. The first kappa shape index (κ1) is 15.9. The van der Waals surface area contributed by atoms with Gasteiger partial charge in [-0.3, -0.25) is 0 Å². The average Bonchev–Trinajstić information content (AvgIpc) is 2.64. The van der Waals surface area contributed by atoms with Crippen LogP contribution in [0, 0.1) is 0 Å². The van der Waals surface area contributed by atoms with Gasteiger partial charge < -0.3 is 5.32 Å². The van der Waals surface area contributed by atoms with Crippen molar-refractivity contribution in [2.75, 3.05) is 13.1 Å². The van der Waals surface area contributed by atoms with Crippen molar-refractivity contribution in [3.63, 3.8) is 0 Å². The SMILES string of the molecule is Cl.Cl.c1ccc(-c2cc3c(nn2)CCNCC3)cc1. The van der Waals surface area contributed by atoms with Gasteiger partial charge in [0.2, 0.25) is 0 Å². The second-order valence-corrected chi connectivity index (χ2v) is 4.32. The van der Waals surface area contributed by atoms with Crippen LogP contribution in [0.15, 0.2) is 36.4 Å². The molecule has 1 aromatic carbocycles. The second kappa shape index (κ2) is 7.43. The lowest BCUT2D eigenvalue weighted by Gasteiger charge is -2.06. The molecule has 0 atom stereocenters. The van der Waals surface area contributed by atoms with E-state index >= 15 is 0 Å². The molecule has 5 heteroatoms. The highest BCUT2D eigenvalue weighted by atomic mass is 35.5. The predicted molar refractivity (Wildman–Crippen MR) is 82.2 cm³/mol. The molecular formula is C14H17Cl2N3. The molecule has 0 spiro atoms. The molecule has 0 saturated carbocycles. The number of nitrogens with one attached hydrogen (secondary N) is 1. The van der Waals surface area contributed by atoms with Crippen LogP contribution in [-0.4, -0.2) is 23.3 Å². The Morgan fingerprint density at radius 3 is 2.42 bits per heavy atom. The van der Waals surface area contributed by atoms with Crippen LogP contribution in [0.5, 0.6) is 0 Å². The number of benzene rings is 1. The summed E-state index contributed by atoms with van der Waals surface area (Å²) < 4.78 is 0. The van der Waals surface area contributed by atoms with Crippen LogP contribution in [0.2, 0.25) is 0 Å². The van der Waals surface area contributed by atoms with Crippen LogP contribution in [0.3, 0.4) is 0 Å². The van der Waals surface area contributed by atoms with Crippen molar-refractivity contribution in [1.29, 1.82) is 0 Å². The van der Waals surface area contributed by atoms with E-state index in [1.54, 1.807) is 0 Å². The maximum atomic E-state index is 4.37. The Morgan fingerprint density at radius 1 is 0.895 bits per heavy atom. The summed E-state index contributed by atoms with van der Waals surface area (Å²) in [6, 6.07) is 12.4. The highest BCUT2D eigenvalue weighted by Crippen LogP contribution is 2.19. The van der Waals surface area contributed by atoms with Gasteiger partial charge in [0, 0.05) is 18.5 Å². The smallest absolute Gasteiger partial charge is 0.0932 e. The minimum atomic E-state index is 0. The Balaban J connectivity index is 0.000000902. The van der Waals surface area contributed by atoms with Gasteiger partial charge in [-0.25, -0.2) is 0 Å². The van der Waals surface area contributed by atoms with E-state index in [0.29, 0.717) is 0 Å². The van der Waals surface area contributed by atoms with Gasteiger partial charge in [0.25, 0.3) is 0 Å². The molecule has 0 bridgehead atoms. The van der Waals surface area contributed by atoms with E-state index < -0.39 is 0 Å². The first-order chi connectivity index (χ1) is 8.43. The fraction of sp³-hybridized carbons (Fsp3) is 0.286. The van der Waals surface area contributed by atoms with Gasteiger partial charge in [0.05, 0.1) is 11.4 Å². The fourth-order valence-electron chi connectivity index (χ4n) is 2.19. The number of hydrogen-bond acceptors (Lipinski definition) is 3. The van der Waals surface area contributed by atoms with Crippen LogP contribution in [0.4, 0.5) is 0 Å². The third-order valence-electron chi connectivity index (χ3n) is 3.14. The number of halogens is 2. The van der Waals surface area contributed by atoms with Crippen LogP contribution >= 0.6 is 24.8 Å². The summed E-state index contributed by atoms with van der Waals surface area (Å²) in [6.07, 6.45) is 2.03. The van der Waals surface area contributed by atoms with Gasteiger partial charge in [0.1, 0.15) is 0 Å². The van der Waals surface area contributed by atoms with E-state index in [2.05, 4.69) is 33.7 Å². The van der Waals surface area contributed by atoms with Crippen molar-refractivity contribution >= 4 is 24.8 Å². The number of nitrogens with zero attached hydrogens (tertiary/aromatic N) is 2. The molecule has 3 nitrogen and oxygen atoms in total. The van der Waals surface area contributed by atoms with Crippen LogP contribution < -0.4 is 5.32 Å². The van der Waals surface area contributed by atoms with Crippen molar-refractivity contribution in [3.05, 3.63) is 47.7 Å².